The Labute approximate surface area is 108 Å². The van der Waals surface area contributed by atoms with E-state index in [1.54, 1.807) is 14.2 Å². The molecule has 4 heteroatoms. The van der Waals surface area contributed by atoms with E-state index >= 15 is 0 Å². The predicted octanol–water partition coefficient (Wildman–Crippen LogP) is 2.54. The molecule has 96 valence electrons. The van der Waals surface area contributed by atoms with Crippen molar-refractivity contribution < 1.29 is 9.47 Å². The molecule has 0 amide bonds. The van der Waals surface area contributed by atoms with E-state index in [1.807, 2.05) is 23.9 Å². The Morgan fingerprint density at radius 3 is 2.53 bits per heavy atom. The van der Waals surface area contributed by atoms with Crippen molar-refractivity contribution in [3.8, 4) is 11.5 Å². The molecule has 0 bridgehead atoms. The number of hydrogen-bond acceptors (Lipinski definition) is 4. The van der Waals surface area contributed by atoms with Crippen molar-refractivity contribution in [3.63, 3.8) is 0 Å². The van der Waals surface area contributed by atoms with E-state index in [-0.39, 0.29) is 0 Å². The van der Waals surface area contributed by atoms with Crippen LogP contribution in [0.5, 0.6) is 11.5 Å². The third-order valence-corrected chi connectivity index (χ3v) is 3.58. The summed E-state index contributed by atoms with van der Waals surface area (Å²) in [6, 6.07) is 6.00. The van der Waals surface area contributed by atoms with Gasteiger partial charge in [0.05, 0.1) is 14.2 Å². The predicted molar refractivity (Wildman–Crippen MR) is 74.2 cm³/mol. The van der Waals surface area contributed by atoms with Crippen LogP contribution >= 0.6 is 11.8 Å². The lowest BCUT2D eigenvalue weighted by atomic mass is 10.2. The zero-order chi connectivity index (χ0) is 12.7. The van der Waals surface area contributed by atoms with E-state index in [0.29, 0.717) is 5.25 Å². The third kappa shape index (κ3) is 4.48. The van der Waals surface area contributed by atoms with Gasteiger partial charge < -0.3 is 14.8 Å². The average molecular weight is 255 g/mol. The third-order valence-electron chi connectivity index (χ3n) is 2.61. The van der Waals surface area contributed by atoms with E-state index in [9.17, 15) is 0 Å². The average Bonchev–Trinajstić information content (AvgIpc) is 2.38. The fourth-order valence-corrected chi connectivity index (χ4v) is 1.78. The molecule has 1 atom stereocenters. The molecule has 0 aliphatic rings. The van der Waals surface area contributed by atoms with Crippen molar-refractivity contribution in [2.24, 2.45) is 0 Å². The van der Waals surface area contributed by atoms with E-state index in [4.69, 9.17) is 9.47 Å². The summed E-state index contributed by atoms with van der Waals surface area (Å²) in [5.41, 5.74) is 1.20. The van der Waals surface area contributed by atoms with Crippen molar-refractivity contribution >= 4 is 11.8 Å². The highest BCUT2D eigenvalue weighted by atomic mass is 32.2. The quantitative estimate of drug-likeness (QED) is 0.811. The smallest absolute Gasteiger partial charge is 0.161 e. The molecule has 0 aromatic heterocycles. The molecule has 17 heavy (non-hydrogen) atoms. The molecule has 1 rings (SSSR count). The van der Waals surface area contributed by atoms with Crippen LogP contribution in [0.1, 0.15) is 12.5 Å². The maximum atomic E-state index is 5.27. The first-order chi connectivity index (χ1) is 8.21. The van der Waals surface area contributed by atoms with Gasteiger partial charge in [-0.1, -0.05) is 13.0 Å². The van der Waals surface area contributed by atoms with Gasteiger partial charge in [-0.05, 0) is 24.0 Å². The first-order valence-corrected chi connectivity index (χ1v) is 6.94. The summed E-state index contributed by atoms with van der Waals surface area (Å²) in [5.74, 6) is 1.55. The number of hydrogen-bond donors (Lipinski definition) is 1. The van der Waals surface area contributed by atoms with Gasteiger partial charge in [0.15, 0.2) is 11.5 Å². The van der Waals surface area contributed by atoms with Crippen LogP contribution in [0.3, 0.4) is 0 Å². The van der Waals surface area contributed by atoms with Crippen LogP contribution in [0.4, 0.5) is 0 Å². The van der Waals surface area contributed by atoms with Gasteiger partial charge >= 0.3 is 0 Å². The standard InChI is InChI=1S/C13H21NO2S/c1-10(17-4)8-14-9-11-5-6-12(15-2)13(7-11)16-3/h5-7,10,14H,8-9H2,1-4H3. The fraction of sp³-hybridized carbons (Fsp3) is 0.538. The lowest BCUT2D eigenvalue weighted by Gasteiger charge is -2.12. The molecule has 1 aromatic carbocycles. The molecule has 0 aliphatic heterocycles. The summed E-state index contributed by atoms with van der Waals surface area (Å²) in [6.07, 6.45) is 2.13. The molecule has 0 fully saturated rings. The second kappa shape index (κ2) is 7.45. The van der Waals surface area contributed by atoms with Gasteiger partial charge in [0.2, 0.25) is 0 Å². The van der Waals surface area contributed by atoms with Crippen molar-refractivity contribution in [1.29, 1.82) is 0 Å². The van der Waals surface area contributed by atoms with Gasteiger partial charge in [0.25, 0.3) is 0 Å². The minimum absolute atomic E-state index is 0.634. The summed E-state index contributed by atoms with van der Waals surface area (Å²) < 4.78 is 10.5. The van der Waals surface area contributed by atoms with Crippen molar-refractivity contribution in [1.82, 2.24) is 5.32 Å². The van der Waals surface area contributed by atoms with Crippen molar-refractivity contribution in [2.75, 3.05) is 27.0 Å². The summed E-state index contributed by atoms with van der Waals surface area (Å²) >= 11 is 1.87. The number of benzene rings is 1. The highest BCUT2D eigenvalue weighted by Gasteiger charge is 2.04. The largest absolute Gasteiger partial charge is 0.493 e. The Balaban J connectivity index is 2.54. The molecule has 0 aliphatic carbocycles. The zero-order valence-electron chi connectivity index (χ0n) is 10.9. The van der Waals surface area contributed by atoms with Crippen LogP contribution in [0.25, 0.3) is 0 Å². The first kappa shape index (κ1) is 14.2. The molecular weight excluding hydrogens is 234 g/mol. The Bertz CT molecular complexity index is 344. The highest BCUT2D eigenvalue weighted by molar-refractivity contribution is 7.99. The van der Waals surface area contributed by atoms with Crippen molar-refractivity contribution in [3.05, 3.63) is 23.8 Å². The molecule has 0 radical (unpaired) electrons. The maximum absolute atomic E-state index is 5.27. The van der Waals surface area contributed by atoms with Crippen LogP contribution < -0.4 is 14.8 Å². The minimum atomic E-state index is 0.634. The van der Waals surface area contributed by atoms with E-state index in [1.165, 1.54) is 5.56 Å². The van der Waals surface area contributed by atoms with Gasteiger partial charge in [-0.2, -0.15) is 11.8 Å². The van der Waals surface area contributed by atoms with Crippen LogP contribution in [0.2, 0.25) is 0 Å². The monoisotopic (exact) mass is 255 g/mol. The van der Waals surface area contributed by atoms with Crippen LogP contribution in [-0.2, 0) is 6.54 Å². The number of nitrogens with one attached hydrogen (secondary N) is 1. The van der Waals surface area contributed by atoms with Crippen LogP contribution in [0, 0.1) is 0 Å². The Morgan fingerprint density at radius 2 is 1.94 bits per heavy atom. The van der Waals surface area contributed by atoms with Gasteiger partial charge in [0, 0.05) is 18.3 Å². The number of methoxy groups -OCH3 is 2. The van der Waals surface area contributed by atoms with Crippen LogP contribution in [0.15, 0.2) is 18.2 Å². The van der Waals surface area contributed by atoms with Gasteiger partial charge in [-0.25, -0.2) is 0 Å². The number of rotatable bonds is 7. The van der Waals surface area contributed by atoms with Crippen LogP contribution in [-0.4, -0.2) is 32.3 Å². The summed E-state index contributed by atoms with van der Waals surface area (Å²) in [5, 5.41) is 4.06. The Kier molecular flexibility index (Phi) is 6.22. The first-order valence-electron chi connectivity index (χ1n) is 5.65. The molecule has 3 nitrogen and oxygen atoms in total. The topological polar surface area (TPSA) is 30.5 Å². The fourth-order valence-electron chi connectivity index (χ4n) is 1.49. The lowest BCUT2D eigenvalue weighted by molar-refractivity contribution is 0.354. The number of ether oxygens (including phenoxy) is 2. The minimum Gasteiger partial charge on any atom is -0.493 e. The molecule has 1 unspecified atom stereocenters. The summed E-state index contributed by atoms with van der Waals surface area (Å²) in [7, 11) is 3.31. The SMILES string of the molecule is COc1ccc(CNCC(C)SC)cc1OC. The second-order valence-electron chi connectivity index (χ2n) is 3.87. The Morgan fingerprint density at radius 1 is 1.24 bits per heavy atom. The highest BCUT2D eigenvalue weighted by Crippen LogP contribution is 2.27. The van der Waals surface area contributed by atoms with E-state index < -0.39 is 0 Å². The molecule has 1 aromatic rings. The van der Waals surface area contributed by atoms with Gasteiger partial charge in [0.1, 0.15) is 0 Å². The zero-order valence-corrected chi connectivity index (χ0v) is 11.8. The number of thioether (sulfide) groups is 1. The van der Waals surface area contributed by atoms with E-state index in [0.717, 1.165) is 24.6 Å². The van der Waals surface area contributed by atoms with Gasteiger partial charge in [-0.3, -0.25) is 0 Å². The molecule has 0 saturated heterocycles. The molecule has 1 N–H and O–H groups in total. The van der Waals surface area contributed by atoms with E-state index in [2.05, 4.69) is 24.6 Å². The normalized spacial score (nSPS) is 12.2. The molecule has 0 spiro atoms. The summed E-state index contributed by atoms with van der Waals surface area (Å²) in [6.45, 7) is 4.08. The molecule has 0 saturated carbocycles. The Hall–Kier alpha value is -0.870. The van der Waals surface area contributed by atoms with Crippen molar-refractivity contribution in [2.45, 2.75) is 18.7 Å². The lowest BCUT2D eigenvalue weighted by Crippen LogP contribution is -2.22. The molecular formula is C13H21NO2S. The molecule has 0 heterocycles. The second-order valence-corrected chi connectivity index (χ2v) is 5.14. The summed E-state index contributed by atoms with van der Waals surface area (Å²) in [4.78, 5) is 0. The maximum Gasteiger partial charge on any atom is 0.161 e. The van der Waals surface area contributed by atoms with Gasteiger partial charge in [-0.15, -0.1) is 0 Å².